The lowest BCUT2D eigenvalue weighted by molar-refractivity contribution is -0.137. The fourth-order valence-electron chi connectivity index (χ4n) is 2.88. The highest BCUT2D eigenvalue weighted by atomic mass is 16.5. The first-order valence-electron chi connectivity index (χ1n) is 8.53. The maximum atomic E-state index is 10.7. The summed E-state index contributed by atoms with van der Waals surface area (Å²) in [5, 5.41) is 8.82. The van der Waals surface area contributed by atoms with Gasteiger partial charge in [0, 0.05) is 19.6 Å². The molecule has 0 saturated carbocycles. The van der Waals surface area contributed by atoms with Crippen molar-refractivity contribution in [1.82, 2.24) is 4.90 Å². The Bertz CT molecular complexity index is 672. The predicted octanol–water partition coefficient (Wildman–Crippen LogP) is 3.11. The number of hydrogen-bond acceptors (Lipinski definition) is 4. The molecule has 1 N–H and O–H groups in total. The van der Waals surface area contributed by atoms with Crippen LogP contribution in [0, 0.1) is 0 Å². The van der Waals surface area contributed by atoms with Crippen molar-refractivity contribution in [2.24, 2.45) is 0 Å². The van der Waals surface area contributed by atoms with Crippen LogP contribution < -0.4 is 4.74 Å². The molecule has 1 fully saturated rings. The van der Waals surface area contributed by atoms with E-state index in [4.69, 9.17) is 14.6 Å². The summed E-state index contributed by atoms with van der Waals surface area (Å²) in [5.41, 5.74) is 2.23. The van der Waals surface area contributed by atoms with E-state index in [2.05, 4.69) is 4.90 Å². The lowest BCUT2D eigenvalue weighted by Crippen LogP contribution is -2.39. The molecule has 25 heavy (non-hydrogen) atoms. The summed E-state index contributed by atoms with van der Waals surface area (Å²) < 4.78 is 11.6. The van der Waals surface area contributed by atoms with Crippen LogP contribution in [0.1, 0.15) is 23.7 Å². The summed E-state index contributed by atoms with van der Waals surface area (Å²) in [4.78, 5) is 12.9. The normalized spacial score (nSPS) is 18.0. The van der Waals surface area contributed by atoms with E-state index in [1.54, 1.807) is 0 Å². The van der Waals surface area contributed by atoms with Gasteiger partial charge in [-0.2, -0.15) is 0 Å². The van der Waals surface area contributed by atoms with Gasteiger partial charge in [0.15, 0.2) is 0 Å². The average molecular weight is 341 g/mol. The highest BCUT2D eigenvalue weighted by Crippen LogP contribution is 2.24. The van der Waals surface area contributed by atoms with Crippen LogP contribution in [-0.4, -0.2) is 42.2 Å². The molecule has 0 radical (unpaired) electrons. The quantitative estimate of drug-likeness (QED) is 0.838. The van der Waals surface area contributed by atoms with E-state index < -0.39 is 5.97 Å². The SMILES string of the molecule is O=C(O)CCN1CCOC(c2ccc(OCc3ccccc3)cc2)C1. The van der Waals surface area contributed by atoms with Gasteiger partial charge in [0.25, 0.3) is 0 Å². The van der Waals surface area contributed by atoms with Crippen molar-refractivity contribution in [3.8, 4) is 5.75 Å². The smallest absolute Gasteiger partial charge is 0.304 e. The van der Waals surface area contributed by atoms with Crippen LogP contribution in [0.15, 0.2) is 54.6 Å². The number of carboxylic acids is 1. The molecule has 0 spiro atoms. The molecular formula is C20H23NO4. The minimum atomic E-state index is -0.761. The van der Waals surface area contributed by atoms with E-state index in [1.807, 2.05) is 54.6 Å². The van der Waals surface area contributed by atoms with Gasteiger partial charge in [0.2, 0.25) is 0 Å². The summed E-state index contributed by atoms with van der Waals surface area (Å²) in [7, 11) is 0. The van der Waals surface area contributed by atoms with Gasteiger partial charge < -0.3 is 14.6 Å². The van der Waals surface area contributed by atoms with E-state index in [-0.39, 0.29) is 12.5 Å². The van der Waals surface area contributed by atoms with Crippen LogP contribution >= 0.6 is 0 Å². The number of aliphatic carboxylic acids is 1. The summed E-state index contributed by atoms with van der Waals surface area (Å²) in [6.45, 7) is 3.23. The van der Waals surface area contributed by atoms with Gasteiger partial charge >= 0.3 is 5.97 Å². The molecule has 1 unspecified atom stereocenters. The number of benzene rings is 2. The monoisotopic (exact) mass is 341 g/mol. The second-order valence-corrected chi connectivity index (χ2v) is 6.15. The average Bonchev–Trinajstić information content (AvgIpc) is 2.66. The van der Waals surface area contributed by atoms with Gasteiger partial charge in [-0.3, -0.25) is 9.69 Å². The van der Waals surface area contributed by atoms with Gasteiger partial charge in [-0.25, -0.2) is 0 Å². The lowest BCUT2D eigenvalue weighted by atomic mass is 10.1. The maximum absolute atomic E-state index is 10.7. The number of ether oxygens (including phenoxy) is 2. The molecule has 1 atom stereocenters. The summed E-state index contributed by atoms with van der Waals surface area (Å²) in [5.74, 6) is 0.0640. The van der Waals surface area contributed by atoms with E-state index in [0.717, 1.165) is 30.0 Å². The molecule has 2 aromatic carbocycles. The highest BCUT2D eigenvalue weighted by molar-refractivity contribution is 5.66. The zero-order valence-electron chi connectivity index (χ0n) is 14.1. The Labute approximate surface area is 147 Å². The maximum Gasteiger partial charge on any atom is 0.304 e. The second kappa shape index (κ2) is 8.65. The van der Waals surface area contributed by atoms with Crippen molar-refractivity contribution in [2.75, 3.05) is 26.2 Å². The molecule has 0 aliphatic carbocycles. The molecule has 3 rings (SSSR count). The molecule has 132 valence electrons. The van der Waals surface area contributed by atoms with Crippen molar-refractivity contribution in [3.05, 3.63) is 65.7 Å². The Kier molecular flexibility index (Phi) is 6.04. The van der Waals surface area contributed by atoms with Gasteiger partial charge in [-0.15, -0.1) is 0 Å². The van der Waals surface area contributed by atoms with Gasteiger partial charge in [-0.05, 0) is 23.3 Å². The van der Waals surface area contributed by atoms with Crippen LogP contribution in [0.25, 0.3) is 0 Å². The Morgan fingerprint density at radius 1 is 1.16 bits per heavy atom. The first-order chi connectivity index (χ1) is 12.2. The summed E-state index contributed by atoms with van der Waals surface area (Å²) in [6.07, 6.45) is 0.143. The Balaban J connectivity index is 1.53. The Morgan fingerprint density at radius 3 is 2.64 bits per heavy atom. The minimum absolute atomic E-state index is 0.0225. The van der Waals surface area contributed by atoms with Crippen LogP contribution in [-0.2, 0) is 16.1 Å². The molecule has 1 aliphatic rings. The lowest BCUT2D eigenvalue weighted by Gasteiger charge is -2.32. The molecule has 1 saturated heterocycles. The van der Waals surface area contributed by atoms with Crippen molar-refractivity contribution < 1.29 is 19.4 Å². The highest BCUT2D eigenvalue weighted by Gasteiger charge is 2.22. The standard InChI is InChI=1S/C20H23NO4/c22-20(23)10-11-21-12-13-24-19(14-21)17-6-8-18(9-7-17)25-15-16-4-2-1-3-5-16/h1-9,19H,10-15H2,(H,22,23). The van der Waals surface area contributed by atoms with Crippen molar-refractivity contribution in [2.45, 2.75) is 19.1 Å². The van der Waals surface area contributed by atoms with Gasteiger partial charge in [0.05, 0.1) is 19.1 Å². The Hall–Kier alpha value is -2.37. The zero-order chi connectivity index (χ0) is 17.5. The molecule has 1 aliphatic heterocycles. The third-order valence-electron chi connectivity index (χ3n) is 4.29. The van der Waals surface area contributed by atoms with E-state index in [1.165, 1.54) is 0 Å². The molecule has 0 amide bonds. The number of rotatable bonds is 7. The third-order valence-corrected chi connectivity index (χ3v) is 4.29. The van der Waals surface area contributed by atoms with E-state index in [9.17, 15) is 4.79 Å². The molecule has 2 aromatic rings. The number of carboxylic acid groups (broad SMARTS) is 1. The zero-order valence-corrected chi connectivity index (χ0v) is 14.1. The van der Waals surface area contributed by atoms with E-state index >= 15 is 0 Å². The van der Waals surface area contributed by atoms with Crippen LogP contribution in [0.3, 0.4) is 0 Å². The first kappa shape index (κ1) is 17.5. The number of nitrogens with zero attached hydrogens (tertiary/aromatic N) is 1. The van der Waals surface area contributed by atoms with Crippen molar-refractivity contribution >= 4 is 5.97 Å². The number of morpholine rings is 1. The summed E-state index contributed by atoms with van der Waals surface area (Å²) in [6, 6.07) is 18.0. The minimum Gasteiger partial charge on any atom is -0.489 e. The fourth-order valence-corrected chi connectivity index (χ4v) is 2.88. The molecule has 1 heterocycles. The topological polar surface area (TPSA) is 59.0 Å². The molecule has 5 nitrogen and oxygen atoms in total. The van der Waals surface area contributed by atoms with E-state index in [0.29, 0.717) is 19.8 Å². The van der Waals surface area contributed by atoms with Crippen LogP contribution in [0.2, 0.25) is 0 Å². The molecule has 0 bridgehead atoms. The Morgan fingerprint density at radius 2 is 1.92 bits per heavy atom. The number of carbonyl (C=O) groups is 1. The van der Waals surface area contributed by atoms with Gasteiger partial charge in [0.1, 0.15) is 12.4 Å². The third kappa shape index (κ3) is 5.31. The number of hydrogen-bond donors (Lipinski definition) is 1. The fraction of sp³-hybridized carbons (Fsp3) is 0.350. The largest absolute Gasteiger partial charge is 0.489 e. The van der Waals surface area contributed by atoms with Crippen molar-refractivity contribution in [3.63, 3.8) is 0 Å². The van der Waals surface area contributed by atoms with Crippen molar-refractivity contribution in [1.29, 1.82) is 0 Å². The predicted molar refractivity (Wildman–Crippen MR) is 94.6 cm³/mol. The second-order valence-electron chi connectivity index (χ2n) is 6.15. The summed E-state index contributed by atoms with van der Waals surface area (Å²) >= 11 is 0. The molecule has 5 heteroatoms. The molecule has 0 aromatic heterocycles. The van der Waals surface area contributed by atoms with Crippen LogP contribution in [0.5, 0.6) is 5.75 Å². The molecular weight excluding hydrogens is 318 g/mol. The van der Waals surface area contributed by atoms with Gasteiger partial charge in [-0.1, -0.05) is 42.5 Å². The first-order valence-corrected chi connectivity index (χ1v) is 8.53. The van der Waals surface area contributed by atoms with Crippen LogP contribution in [0.4, 0.5) is 0 Å².